The van der Waals surface area contributed by atoms with Crippen molar-refractivity contribution in [3.05, 3.63) is 53.8 Å². The normalized spacial score (nSPS) is 14.0. The summed E-state index contributed by atoms with van der Waals surface area (Å²) in [7, 11) is 0. The van der Waals surface area contributed by atoms with Gasteiger partial charge in [0.2, 0.25) is 5.91 Å². The molecule has 0 bridgehead atoms. The fourth-order valence-electron chi connectivity index (χ4n) is 3.10. The van der Waals surface area contributed by atoms with Gasteiger partial charge in [0.1, 0.15) is 5.82 Å². The van der Waals surface area contributed by atoms with Crippen LogP contribution >= 0.6 is 0 Å². The minimum Gasteiger partial charge on any atom is -0.368 e. The highest BCUT2D eigenvalue weighted by molar-refractivity contribution is 5.94. The number of anilines is 3. The summed E-state index contributed by atoms with van der Waals surface area (Å²) < 4.78 is 13.1. The van der Waals surface area contributed by atoms with E-state index in [0.717, 1.165) is 11.3 Å². The van der Waals surface area contributed by atoms with Gasteiger partial charge < -0.3 is 20.4 Å². The van der Waals surface area contributed by atoms with Crippen LogP contribution in [-0.2, 0) is 4.79 Å². The lowest BCUT2D eigenvalue weighted by atomic mass is 10.1. The maximum atomic E-state index is 13.1. The molecule has 3 amide bonds. The van der Waals surface area contributed by atoms with E-state index in [9.17, 15) is 14.0 Å². The van der Waals surface area contributed by atoms with Gasteiger partial charge in [-0.25, -0.2) is 9.18 Å². The molecule has 1 fully saturated rings. The van der Waals surface area contributed by atoms with Gasteiger partial charge in [-0.15, -0.1) is 0 Å². The molecule has 2 aromatic rings. The van der Waals surface area contributed by atoms with Gasteiger partial charge in [0.05, 0.1) is 0 Å². The Morgan fingerprint density at radius 1 is 1.00 bits per heavy atom. The first-order chi connectivity index (χ1) is 13.5. The van der Waals surface area contributed by atoms with Crippen LogP contribution in [0.25, 0.3) is 0 Å². The third-order valence-electron chi connectivity index (χ3n) is 4.84. The summed E-state index contributed by atoms with van der Waals surface area (Å²) in [6.07, 6.45) is 0.397. The summed E-state index contributed by atoms with van der Waals surface area (Å²) in [4.78, 5) is 28.1. The molecule has 3 rings (SSSR count). The number of piperazine rings is 1. The van der Waals surface area contributed by atoms with E-state index in [1.807, 2.05) is 19.1 Å². The number of nitrogens with zero attached hydrogens (tertiary/aromatic N) is 2. The molecule has 28 heavy (non-hydrogen) atoms. The third kappa shape index (κ3) is 4.79. The number of amides is 3. The summed E-state index contributed by atoms with van der Waals surface area (Å²) in [5, 5.41) is 5.74. The predicted molar refractivity (Wildman–Crippen MR) is 109 cm³/mol. The van der Waals surface area contributed by atoms with Crippen LogP contribution < -0.4 is 15.5 Å². The average molecular weight is 384 g/mol. The van der Waals surface area contributed by atoms with Crippen molar-refractivity contribution in [1.82, 2.24) is 4.90 Å². The first-order valence-corrected chi connectivity index (χ1v) is 9.43. The number of carbonyl (C=O) groups excluding carboxylic acids is 2. The second kappa shape index (κ2) is 8.73. The first kappa shape index (κ1) is 19.7. The van der Waals surface area contributed by atoms with E-state index >= 15 is 0 Å². The van der Waals surface area contributed by atoms with Gasteiger partial charge in [-0.2, -0.15) is 0 Å². The highest BCUT2D eigenvalue weighted by atomic mass is 19.1. The molecule has 0 spiro atoms. The molecule has 0 unspecified atom stereocenters. The fourth-order valence-corrected chi connectivity index (χ4v) is 3.10. The fraction of sp³-hybridized carbons (Fsp3) is 0.333. The van der Waals surface area contributed by atoms with Gasteiger partial charge in [-0.05, 0) is 48.9 Å². The molecule has 1 aliphatic heterocycles. The van der Waals surface area contributed by atoms with Crippen molar-refractivity contribution in [2.45, 2.75) is 20.3 Å². The van der Waals surface area contributed by atoms with Gasteiger partial charge in [-0.3, -0.25) is 4.79 Å². The van der Waals surface area contributed by atoms with Crippen LogP contribution in [0.15, 0.2) is 42.5 Å². The number of hydrogen-bond acceptors (Lipinski definition) is 3. The molecule has 1 saturated heterocycles. The van der Waals surface area contributed by atoms with Crippen LogP contribution in [0.4, 0.5) is 26.2 Å². The predicted octanol–water partition coefficient (Wildman–Crippen LogP) is 3.84. The van der Waals surface area contributed by atoms with Gasteiger partial charge in [0.15, 0.2) is 0 Å². The number of aryl methyl sites for hydroxylation is 1. The molecule has 2 aromatic carbocycles. The van der Waals surface area contributed by atoms with E-state index in [-0.39, 0.29) is 17.8 Å². The van der Waals surface area contributed by atoms with Crippen LogP contribution in [0, 0.1) is 12.7 Å². The Morgan fingerprint density at radius 3 is 2.32 bits per heavy atom. The largest absolute Gasteiger partial charge is 0.368 e. The highest BCUT2D eigenvalue weighted by Gasteiger charge is 2.22. The number of nitrogens with one attached hydrogen (secondary N) is 2. The van der Waals surface area contributed by atoms with E-state index in [2.05, 4.69) is 15.5 Å². The molecule has 0 aliphatic carbocycles. The van der Waals surface area contributed by atoms with Crippen LogP contribution in [0.5, 0.6) is 0 Å². The summed E-state index contributed by atoms with van der Waals surface area (Å²) in [5.41, 5.74) is 3.22. The molecular weight excluding hydrogens is 359 g/mol. The van der Waals surface area contributed by atoms with Gasteiger partial charge in [0, 0.05) is 49.7 Å². The first-order valence-electron chi connectivity index (χ1n) is 9.43. The van der Waals surface area contributed by atoms with E-state index < -0.39 is 0 Å². The molecule has 1 aliphatic rings. The van der Waals surface area contributed by atoms with Gasteiger partial charge >= 0.3 is 6.03 Å². The quantitative estimate of drug-likeness (QED) is 0.842. The summed E-state index contributed by atoms with van der Waals surface area (Å²) in [6, 6.07) is 11.7. The Balaban J connectivity index is 1.59. The van der Waals surface area contributed by atoms with Crippen LogP contribution in [0.3, 0.4) is 0 Å². The molecule has 0 saturated carbocycles. The van der Waals surface area contributed by atoms with E-state index in [1.54, 1.807) is 30.0 Å². The number of benzene rings is 2. The Labute approximate surface area is 164 Å². The van der Waals surface area contributed by atoms with E-state index in [4.69, 9.17) is 0 Å². The summed E-state index contributed by atoms with van der Waals surface area (Å²) in [6.45, 7) is 6.23. The second-order valence-corrected chi connectivity index (χ2v) is 6.81. The van der Waals surface area contributed by atoms with Crippen LogP contribution in [0.2, 0.25) is 0 Å². The number of halogens is 1. The molecule has 0 atom stereocenters. The zero-order chi connectivity index (χ0) is 20.1. The zero-order valence-electron chi connectivity index (χ0n) is 16.2. The van der Waals surface area contributed by atoms with Crippen molar-refractivity contribution in [3.8, 4) is 0 Å². The SMILES string of the molecule is CCC(=O)Nc1ccc(C)c(NC(=O)N2CCN(c3ccc(F)cc3)CC2)c1. The topological polar surface area (TPSA) is 64.7 Å². The average Bonchev–Trinajstić information content (AvgIpc) is 2.71. The molecule has 7 heteroatoms. The van der Waals surface area contributed by atoms with Crippen molar-refractivity contribution in [2.24, 2.45) is 0 Å². The Kier molecular flexibility index (Phi) is 6.13. The standard InChI is InChI=1S/C21H25FN4O2/c1-3-20(27)23-17-7-4-15(2)19(14-17)24-21(28)26-12-10-25(11-13-26)18-8-5-16(22)6-9-18/h4-9,14H,3,10-13H2,1-2H3,(H,23,27)(H,24,28). The minimum atomic E-state index is -0.255. The lowest BCUT2D eigenvalue weighted by Gasteiger charge is -2.36. The number of urea groups is 1. The maximum Gasteiger partial charge on any atom is 0.321 e. The molecule has 2 N–H and O–H groups in total. The monoisotopic (exact) mass is 384 g/mol. The smallest absolute Gasteiger partial charge is 0.321 e. The molecule has 0 radical (unpaired) electrons. The van der Waals surface area contributed by atoms with Crippen molar-refractivity contribution < 1.29 is 14.0 Å². The van der Waals surface area contributed by atoms with E-state index in [1.165, 1.54) is 12.1 Å². The Hall–Kier alpha value is -3.09. The van der Waals surface area contributed by atoms with Gasteiger partial charge in [0.25, 0.3) is 0 Å². The molecule has 6 nitrogen and oxygen atoms in total. The maximum absolute atomic E-state index is 13.1. The van der Waals surface area contributed by atoms with Crippen LogP contribution in [-0.4, -0.2) is 43.0 Å². The lowest BCUT2D eigenvalue weighted by Crippen LogP contribution is -2.50. The van der Waals surface area contributed by atoms with Crippen molar-refractivity contribution in [3.63, 3.8) is 0 Å². The highest BCUT2D eigenvalue weighted by Crippen LogP contribution is 2.22. The van der Waals surface area contributed by atoms with E-state index in [0.29, 0.717) is 44.0 Å². The molecule has 148 valence electrons. The summed E-state index contributed by atoms with van der Waals surface area (Å²) in [5.74, 6) is -0.326. The molecule has 1 heterocycles. The van der Waals surface area contributed by atoms with Crippen molar-refractivity contribution in [2.75, 3.05) is 41.7 Å². The Bertz CT molecular complexity index is 846. The number of rotatable bonds is 4. The number of hydrogen-bond donors (Lipinski definition) is 2. The van der Waals surface area contributed by atoms with Crippen molar-refractivity contribution >= 4 is 29.0 Å². The Morgan fingerprint density at radius 2 is 1.68 bits per heavy atom. The minimum absolute atomic E-state index is 0.0713. The molecule has 0 aromatic heterocycles. The van der Waals surface area contributed by atoms with Crippen molar-refractivity contribution in [1.29, 1.82) is 0 Å². The van der Waals surface area contributed by atoms with Crippen LogP contribution in [0.1, 0.15) is 18.9 Å². The van der Waals surface area contributed by atoms with Gasteiger partial charge in [-0.1, -0.05) is 13.0 Å². The zero-order valence-corrected chi connectivity index (χ0v) is 16.2. The summed E-state index contributed by atoms with van der Waals surface area (Å²) >= 11 is 0. The number of carbonyl (C=O) groups is 2. The lowest BCUT2D eigenvalue weighted by molar-refractivity contribution is -0.115. The third-order valence-corrected chi connectivity index (χ3v) is 4.84. The second-order valence-electron chi connectivity index (χ2n) is 6.81. The molecular formula is C21H25FN4O2.